The van der Waals surface area contributed by atoms with Crippen LogP contribution in [0.5, 0.6) is 0 Å². The Morgan fingerprint density at radius 3 is 2.54 bits per heavy atom. The van der Waals surface area contributed by atoms with Crippen LogP contribution >= 0.6 is 11.8 Å². The van der Waals surface area contributed by atoms with Crippen molar-refractivity contribution in [3.05, 3.63) is 30.3 Å². The maximum Gasteiger partial charge on any atom is 0.0563 e. The maximum absolute atomic E-state index is 5.44. The average molecular weight is 196 g/mol. The molecule has 72 valence electrons. The Hall–Kier alpha value is -0.470. The lowest BCUT2D eigenvalue weighted by Gasteiger charge is -2.06. The second-order valence-electron chi connectivity index (χ2n) is 3.08. The number of hydrogen-bond donors (Lipinski definition) is 0. The second kappa shape index (κ2) is 6.06. The van der Waals surface area contributed by atoms with Gasteiger partial charge in [0.2, 0.25) is 0 Å². The van der Waals surface area contributed by atoms with Crippen molar-refractivity contribution < 1.29 is 4.74 Å². The fourth-order valence-electron chi connectivity index (χ4n) is 0.960. The predicted molar refractivity (Wildman–Crippen MR) is 58.3 cm³/mol. The van der Waals surface area contributed by atoms with Gasteiger partial charge in [0.05, 0.1) is 12.7 Å². The standard InChI is InChI=1S/C11H16OS/c1-10(2)12-8-9-13-11-6-4-3-5-7-11/h3-7,10H,8-9H2,1-2H3. The number of ether oxygens (including phenoxy) is 1. The van der Waals surface area contributed by atoms with Gasteiger partial charge in [0.1, 0.15) is 0 Å². The molecule has 0 bridgehead atoms. The molecule has 0 saturated carbocycles. The van der Waals surface area contributed by atoms with Crippen molar-refractivity contribution in [1.29, 1.82) is 0 Å². The van der Waals surface area contributed by atoms with Crippen molar-refractivity contribution in [2.45, 2.75) is 24.8 Å². The highest BCUT2D eigenvalue weighted by molar-refractivity contribution is 7.99. The third-order valence-electron chi connectivity index (χ3n) is 1.55. The topological polar surface area (TPSA) is 9.23 Å². The molecular weight excluding hydrogens is 180 g/mol. The molecule has 2 heteroatoms. The molecule has 13 heavy (non-hydrogen) atoms. The van der Waals surface area contributed by atoms with Gasteiger partial charge >= 0.3 is 0 Å². The molecule has 0 unspecified atom stereocenters. The van der Waals surface area contributed by atoms with E-state index in [4.69, 9.17) is 4.74 Å². The third-order valence-corrected chi connectivity index (χ3v) is 2.52. The minimum absolute atomic E-state index is 0.344. The zero-order valence-electron chi connectivity index (χ0n) is 8.19. The Kier molecular flexibility index (Phi) is 4.94. The summed E-state index contributed by atoms with van der Waals surface area (Å²) in [7, 11) is 0. The first-order valence-electron chi connectivity index (χ1n) is 4.58. The molecular formula is C11H16OS. The molecule has 0 spiro atoms. The minimum atomic E-state index is 0.344. The Bertz CT molecular complexity index is 221. The van der Waals surface area contributed by atoms with Crippen LogP contribution in [0.3, 0.4) is 0 Å². The monoisotopic (exact) mass is 196 g/mol. The van der Waals surface area contributed by atoms with Crippen LogP contribution in [-0.2, 0) is 4.74 Å². The van der Waals surface area contributed by atoms with Gasteiger partial charge in [-0.2, -0.15) is 0 Å². The summed E-state index contributed by atoms with van der Waals surface area (Å²) in [4.78, 5) is 1.31. The van der Waals surface area contributed by atoms with Crippen LogP contribution in [0, 0.1) is 0 Å². The lowest BCUT2D eigenvalue weighted by molar-refractivity contribution is 0.0920. The molecule has 0 atom stereocenters. The highest BCUT2D eigenvalue weighted by Gasteiger charge is 1.94. The second-order valence-corrected chi connectivity index (χ2v) is 4.25. The molecule has 0 aromatic heterocycles. The van der Waals surface area contributed by atoms with Crippen molar-refractivity contribution in [3.8, 4) is 0 Å². The molecule has 0 N–H and O–H groups in total. The minimum Gasteiger partial charge on any atom is -0.378 e. The third kappa shape index (κ3) is 4.96. The smallest absolute Gasteiger partial charge is 0.0563 e. The SMILES string of the molecule is CC(C)OCCSc1ccccc1. The Morgan fingerprint density at radius 1 is 1.23 bits per heavy atom. The van der Waals surface area contributed by atoms with Crippen LogP contribution in [0.25, 0.3) is 0 Å². The maximum atomic E-state index is 5.44. The Balaban J connectivity index is 2.13. The first-order chi connectivity index (χ1) is 6.29. The van der Waals surface area contributed by atoms with Crippen molar-refractivity contribution in [3.63, 3.8) is 0 Å². The summed E-state index contributed by atoms with van der Waals surface area (Å²) in [6.07, 6.45) is 0.344. The molecule has 0 amide bonds. The van der Waals surface area contributed by atoms with E-state index in [1.54, 1.807) is 0 Å². The van der Waals surface area contributed by atoms with E-state index < -0.39 is 0 Å². The van der Waals surface area contributed by atoms with Crippen LogP contribution < -0.4 is 0 Å². The Labute approximate surface area is 84.5 Å². The molecule has 0 fully saturated rings. The summed E-state index contributed by atoms with van der Waals surface area (Å²) in [5, 5.41) is 0. The number of benzene rings is 1. The molecule has 0 saturated heterocycles. The Morgan fingerprint density at radius 2 is 1.92 bits per heavy atom. The van der Waals surface area contributed by atoms with Crippen LogP contribution in [-0.4, -0.2) is 18.5 Å². The van der Waals surface area contributed by atoms with Crippen molar-refractivity contribution in [2.24, 2.45) is 0 Å². The molecule has 1 nitrogen and oxygen atoms in total. The molecule has 0 heterocycles. The zero-order valence-corrected chi connectivity index (χ0v) is 9.01. The van der Waals surface area contributed by atoms with Crippen molar-refractivity contribution >= 4 is 11.8 Å². The van der Waals surface area contributed by atoms with Gasteiger partial charge in [0.15, 0.2) is 0 Å². The molecule has 0 radical (unpaired) electrons. The molecule has 0 aliphatic heterocycles. The quantitative estimate of drug-likeness (QED) is 0.528. The van der Waals surface area contributed by atoms with Crippen LogP contribution in [0.15, 0.2) is 35.2 Å². The summed E-state index contributed by atoms with van der Waals surface area (Å²) < 4.78 is 5.44. The highest BCUT2D eigenvalue weighted by atomic mass is 32.2. The van der Waals surface area contributed by atoms with Gasteiger partial charge in [-0.3, -0.25) is 0 Å². The van der Waals surface area contributed by atoms with Gasteiger partial charge in [0.25, 0.3) is 0 Å². The van der Waals surface area contributed by atoms with Crippen molar-refractivity contribution in [1.82, 2.24) is 0 Å². The number of thioether (sulfide) groups is 1. The van der Waals surface area contributed by atoms with Gasteiger partial charge in [-0.1, -0.05) is 18.2 Å². The largest absolute Gasteiger partial charge is 0.378 e. The summed E-state index contributed by atoms with van der Waals surface area (Å²) >= 11 is 1.84. The summed E-state index contributed by atoms with van der Waals surface area (Å²) in [5.41, 5.74) is 0. The van der Waals surface area contributed by atoms with E-state index in [1.165, 1.54) is 4.90 Å². The van der Waals surface area contributed by atoms with E-state index in [2.05, 4.69) is 38.1 Å². The first kappa shape index (κ1) is 10.6. The van der Waals surface area contributed by atoms with Crippen LogP contribution in [0.2, 0.25) is 0 Å². The summed E-state index contributed by atoms with van der Waals surface area (Å²) in [5.74, 6) is 1.03. The predicted octanol–water partition coefficient (Wildman–Crippen LogP) is 3.20. The fourth-order valence-corrected chi connectivity index (χ4v) is 1.72. The molecule has 0 aliphatic rings. The van der Waals surface area contributed by atoms with Crippen LogP contribution in [0.4, 0.5) is 0 Å². The van der Waals surface area contributed by atoms with Crippen LogP contribution in [0.1, 0.15) is 13.8 Å². The summed E-state index contributed by atoms with van der Waals surface area (Å²) in [6, 6.07) is 10.4. The van der Waals surface area contributed by atoms with E-state index in [-0.39, 0.29) is 0 Å². The van der Waals surface area contributed by atoms with Gasteiger partial charge in [-0.25, -0.2) is 0 Å². The van der Waals surface area contributed by atoms with E-state index in [1.807, 2.05) is 17.8 Å². The van der Waals surface area contributed by atoms with E-state index in [0.717, 1.165) is 12.4 Å². The van der Waals surface area contributed by atoms with E-state index in [0.29, 0.717) is 6.10 Å². The molecule has 1 aromatic rings. The first-order valence-corrected chi connectivity index (χ1v) is 5.57. The van der Waals surface area contributed by atoms with Crippen molar-refractivity contribution in [2.75, 3.05) is 12.4 Å². The lowest BCUT2D eigenvalue weighted by atomic mass is 10.4. The van der Waals surface area contributed by atoms with E-state index in [9.17, 15) is 0 Å². The van der Waals surface area contributed by atoms with Gasteiger partial charge in [0, 0.05) is 10.6 Å². The molecule has 1 aromatic carbocycles. The fraction of sp³-hybridized carbons (Fsp3) is 0.455. The van der Waals surface area contributed by atoms with Gasteiger partial charge in [-0.15, -0.1) is 11.8 Å². The summed E-state index contributed by atoms with van der Waals surface area (Å²) in [6.45, 7) is 4.96. The average Bonchev–Trinajstić information content (AvgIpc) is 2.14. The molecule has 1 rings (SSSR count). The normalized spacial score (nSPS) is 10.7. The lowest BCUT2D eigenvalue weighted by Crippen LogP contribution is -2.05. The highest BCUT2D eigenvalue weighted by Crippen LogP contribution is 2.16. The molecule has 0 aliphatic carbocycles. The van der Waals surface area contributed by atoms with Gasteiger partial charge < -0.3 is 4.74 Å². The zero-order chi connectivity index (χ0) is 9.52. The number of hydrogen-bond acceptors (Lipinski definition) is 2. The van der Waals surface area contributed by atoms with E-state index >= 15 is 0 Å². The number of rotatable bonds is 5. The van der Waals surface area contributed by atoms with Gasteiger partial charge in [-0.05, 0) is 26.0 Å².